The van der Waals surface area contributed by atoms with E-state index in [1.54, 1.807) is 6.07 Å². The van der Waals surface area contributed by atoms with E-state index in [9.17, 15) is 9.50 Å². The van der Waals surface area contributed by atoms with Gasteiger partial charge in [-0.1, -0.05) is 19.3 Å². The molecule has 4 heteroatoms. The first kappa shape index (κ1) is 14.0. The maximum absolute atomic E-state index is 13.6. The molecule has 0 unspecified atom stereocenters. The highest BCUT2D eigenvalue weighted by molar-refractivity contribution is 5.33. The molecule has 1 aromatic rings. The molecule has 0 heterocycles. The molecule has 0 aliphatic heterocycles. The van der Waals surface area contributed by atoms with Crippen LogP contribution in [0, 0.1) is 17.1 Å². The molecule has 0 atom stereocenters. The Morgan fingerprint density at radius 3 is 2.74 bits per heavy atom. The summed E-state index contributed by atoms with van der Waals surface area (Å²) >= 11 is 0. The van der Waals surface area contributed by atoms with Crippen LogP contribution in [0.15, 0.2) is 18.2 Å². The van der Waals surface area contributed by atoms with Crippen molar-refractivity contribution in [3.8, 4) is 6.07 Å². The van der Waals surface area contributed by atoms with Crippen molar-refractivity contribution in [1.82, 2.24) is 5.32 Å². The topological polar surface area (TPSA) is 56.0 Å². The van der Waals surface area contributed by atoms with Crippen LogP contribution in [0.4, 0.5) is 4.39 Å². The lowest BCUT2D eigenvalue weighted by atomic mass is 9.85. The smallest absolute Gasteiger partial charge is 0.127 e. The van der Waals surface area contributed by atoms with E-state index in [0.29, 0.717) is 24.2 Å². The molecule has 3 nitrogen and oxygen atoms in total. The van der Waals surface area contributed by atoms with Crippen LogP contribution in [0.2, 0.25) is 0 Å². The summed E-state index contributed by atoms with van der Waals surface area (Å²) in [6.07, 6.45) is 4.90. The quantitative estimate of drug-likeness (QED) is 0.876. The van der Waals surface area contributed by atoms with Crippen molar-refractivity contribution in [3.63, 3.8) is 0 Å². The van der Waals surface area contributed by atoms with Gasteiger partial charge in [0, 0.05) is 18.7 Å². The average molecular weight is 262 g/mol. The zero-order valence-electron chi connectivity index (χ0n) is 11.0. The lowest BCUT2D eigenvalue weighted by Crippen LogP contribution is -2.42. The summed E-state index contributed by atoms with van der Waals surface area (Å²) in [5.41, 5.74) is 0.273. The number of aliphatic hydroxyl groups is 1. The molecule has 1 fully saturated rings. The molecule has 102 valence electrons. The van der Waals surface area contributed by atoms with E-state index >= 15 is 0 Å². The molecular formula is C15H19FN2O. The Kier molecular flexibility index (Phi) is 4.52. The molecular weight excluding hydrogens is 243 g/mol. The standard InChI is InChI=1S/C15H19FN2O/c16-14-5-4-12(9-17)8-13(14)10-18-11-15(19)6-2-1-3-7-15/h4-5,8,18-19H,1-3,6-7,10-11H2. The van der Waals surface area contributed by atoms with Gasteiger partial charge in [0.15, 0.2) is 0 Å². The predicted octanol–water partition coefficient (Wildman–Crippen LogP) is 2.48. The van der Waals surface area contributed by atoms with Gasteiger partial charge >= 0.3 is 0 Å². The number of nitrogens with zero attached hydrogens (tertiary/aromatic N) is 1. The van der Waals surface area contributed by atoms with E-state index in [0.717, 1.165) is 25.7 Å². The van der Waals surface area contributed by atoms with Gasteiger partial charge in [0.1, 0.15) is 5.82 Å². The average Bonchev–Trinajstić information content (AvgIpc) is 2.41. The van der Waals surface area contributed by atoms with Crippen LogP contribution in [0.5, 0.6) is 0 Å². The third kappa shape index (κ3) is 3.76. The maximum atomic E-state index is 13.6. The molecule has 0 saturated heterocycles. The largest absolute Gasteiger partial charge is 0.389 e. The molecule has 1 aromatic carbocycles. The Morgan fingerprint density at radius 2 is 2.05 bits per heavy atom. The summed E-state index contributed by atoms with van der Waals surface area (Å²) in [6.45, 7) is 0.812. The lowest BCUT2D eigenvalue weighted by Gasteiger charge is -2.32. The van der Waals surface area contributed by atoms with Gasteiger partial charge in [-0.25, -0.2) is 4.39 Å². The van der Waals surface area contributed by atoms with Crippen molar-refractivity contribution in [1.29, 1.82) is 5.26 Å². The number of nitrogens with one attached hydrogen (secondary N) is 1. The molecule has 0 spiro atoms. The Morgan fingerprint density at radius 1 is 1.32 bits per heavy atom. The summed E-state index contributed by atoms with van der Waals surface area (Å²) in [5, 5.41) is 22.2. The van der Waals surface area contributed by atoms with E-state index in [2.05, 4.69) is 5.32 Å². The summed E-state index contributed by atoms with van der Waals surface area (Å²) in [5.74, 6) is -0.317. The highest BCUT2D eigenvalue weighted by atomic mass is 19.1. The molecule has 0 aromatic heterocycles. The highest BCUT2D eigenvalue weighted by Crippen LogP contribution is 2.27. The first-order chi connectivity index (χ1) is 9.13. The van der Waals surface area contributed by atoms with Crippen molar-refractivity contribution in [2.75, 3.05) is 6.54 Å². The SMILES string of the molecule is N#Cc1ccc(F)c(CNCC2(O)CCCCC2)c1. The first-order valence-electron chi connectivity index (χ1n) is 6.75. The van der Waals surface area contributed by atoms with Gasteiger partial charge in [0.05, 0.1) is 17.2 Å². The van der Waals surface area contributed by atoms with Crippen LogP contribution in [0.3, 0.4) is 0 Å². The molecule has 1 saturated carbocycles. The van der Waals surface area contributed by atoms with Crippen molar-refractivity contribution in [3.05, 3.63) is 35.1 Å². The number of halogens is 1. The zero-order chi connectivity index (χ0) is 13.7. The molecule has 0 amide bonds. The summed E-state index contributed by atoms with van der Waals surface area (Å²) < 4.78 is 13.6. The molecule has 19 heavy (non-hydrogen) atoms. The van der Waals surface area contributed by atoms with Crippen LogP contribution >= 0.6 is 0 Å². The van der Waals surface area contributed by atoms with Gasteiger partial charge in [-0.2, -0.15) is 5.26 Å². The van der Waals surface area contributed by atoms with Crippen LogP contribution in [0.1, 0.15) is 43.2 Å². The van der Waals surface area contributed by atoms with Gasteiger partial charge < -0.3 is 10.4 Å². The number of hydrogen-bond donors (Lipinski definition) is 2. The van der Waals surface area contributed by atoms with Crippen LogP contribution in [-0.4, -0.2) is 17.3 Å². The molecule has 2 N–H and O–H groups in total. The fourth-order valence-electron chi connectivity index (χ4n) is 2.60. The van der Waals surface area contributed by atoms with Gasteiger partial charge in [0.2, 0.25) is 0 Å². The van der Waals surface area contributed by atoms with Gasteiger partial charge in [0.25, 0.3) is 0 Å². The van der Waals surface area contributed by atoms with E-state index in [4.69, 9.17) is 5.26 Å². The third-order valence-electron chi connectivity index (χ3n) is 3.73. The fraction of sp³-hybridized carbons (Fsp3) is 0.533. The summed E-state index contributed by atoms with van der Waals surface area (Å²) in [4.78, 5) is 0. The normalized spacial score (nSPS) is 17.9. The van der Waals surface area contributed by atoms with Crippen LogP contribution in [-0.2, 0) is 6.54 Å². The zero-order valence-corrected chi connectivity index (χ0v) is 11.0. The maximum Gasteiger partial charge on any atom is 0.127 e. The van der Waals surface area contributed by atoms with Crippen molar-refractivity contribution >= 4 is 0 Å². The van der Waals surface area contributed by atoms with Crippen LogP contribution in [0.25, 0.3) is 0 Å². The molecule has 0 radical (unpaired) electrons. The minimum absolute atomic E-state index is 0.317. The van der Waals surface area contributed by atoms with Crippen LogP contribution < -0.4 is 5.32 Å². The second kappa shape index (κ2) is 6.14. The summed E-state index contributed by atoms with van der Waals surface area (Å²) in [6, 6.07) is 6.32. The number of benzene rings is 1. The Hall–Kier alpha value is -1.44. The number of hydrogen-bond acceptors (Lipinski definition) is 3. The van der Waals surface area contributed by atoms with Crippen molar-refractivity contribution in [2.45, 2.75) is 44.2 Å². The lowest BCUT2D eigenvalue weighted by molar-refractivity contribution is 0.00462. The van der Waals surface area contributed by atoms with E-state index < -0.39 is 5.60 Å². The highest BCUT2D eigenvalue weighted by Gasteiger charge is 2.28. The Balaban J connectivity index is 1.90. The van der Waals surface area contributed by atoms with E-state index in [1.807, 2.05) is 6.07 Å². The summed E-state index contributed by atoms with van der Waals surface area (Å²) in [7, 11) is 0. The first-order valence-corrected chi connectivity index (χ1v) is 6.75. The molecule has 1 aliphatic carbocycles. The second-order valence-electron chi connectivity index (χ2n) is 5.31. The van der Waals surface area contributed by atoms with Gasteiger partial charge in [-0.15, -0.1) is 0 Å². The molecule has 2 rings (SSSR count). The number of nitriles is 1. The Labute approximate surface area is 113 Å². The van der Waals surface area contributed by atoms with Gasteiger partial charge in [-0.3, -0.25) is 0 Å². The minimum atomic E-state index is -0.651. The van der Waals surface area contributed by atoms with Gasteiger partial charge in [-0.05, 0) is 31.0 Å². The third-order valence-corrected chi connectivity index (χ3v) is 3.73. The monoisotopic (exact) mass is 262 g/mol. The van der Waals surface area contributed by atoms with E-state index in [1.165, 1.54) is 18.6 Å². The molecule has 1 aliphatic rings. The minimum Gasteiger partial charge on any atom is -0.389 e. The van der Waals surface area contributed by atoms with Crippen molar-refractivity contribution < 1.29 is 9.50 Å². The molecule has 0 bridgehead atoms. The fourth-order valence-corrected chi connectivity index (χ4v) is 2.60. The van der Waals surface area contributed by atoms with Crippen molar-refractivity contribution in [2.24, 2.45) is 0 Å². The Bertz CT molecular complexity index is 476. The predicted molar refractivity (Wildman–Crippen MR) is 70.9 cm³/mol. The number of rotatable bonds is 4. The second-order valence-corrected chi connectivity index (χ2v) is 5.31. The van der Waals surface area contributed by atoms with E-state index in [-0.39, 0.29) is 5.82 Å².